The molecule has 1 saturated heterocycles. The van der Waals surface area contributed by atoms with E-state index in [0.29, 0.717) is 6.04 Å². The van der Waals surface area contributed by atoms with Crippen molar-refractivity contribution >= 4 is 0 Å². The second-order valence-corrected chi connectivity index (χ2v) is 3.04. The zero-order valence-corrected chi connectivity index (χ0v) is 6.70. The first-order valence-electron chi connectivity index (χ1n) is 3.99. The van der Waals surface area contributed by atoms with Crippen LogP contribution in [0.3, 0.4) is 0 Å². The molecule has 0 N–H and O–H groups in total. The van der Waals surface area contributed by atoms with Gasteiger partial charge in [-0.05, 0) is 25.6 Å². The number of rotatable bonds is 1. The summed E-state index contributed by atoms with van der Waals surface area (Å²) >= 11 is 0. The number of likely N-dealkylation sites (tertiary alicyclic amines) is 1. The third-order valence-electron chi connectivity index (χ3n) is 2.32. The first-order valence-corrected chi connectivity index (χ1v) is 3.99. The lowest BCUT2D eigenvalue weighted by Crippen LogP contribution is -2.37. The van der Waals surface area contributed by atoms with Crippen molar-refractivity contribution in [3.63, 3.8) is 0 Å². The van der Waals surface area contributed by atoms with Gasteiger partial charge in [-0.15, -0.1) is 0 Å². The van der Waals surface area contributed by atoms with Crippen LogP contribution in [-0.4, -0.2) is 23.5 Å². The van der Waals surface area contributed by atoms with E-state index in [2.05, 4.69) is 29.1 Å². The predicted octanol–water partition coefficient (Wildman–Crippen LogP) is 1.46. The molecule has 0 amide bonds. The van der Waals surface area contributed by atoms with Crippen LogP contribution in [0.25, 0.3) is 0 Å². The molecule has 1 aliphatic rings. The molecule has 2 nitrogen and oxygen atoms in total. The lowest BCUT2D eigenvalue weighted by atomic mass is 10.0. The molecule has 0 bridgehead atoms. The molecule has 0 radical (unpaired) electrons. The molecular weight excluding hydrogens is 136 g/mol. The van der Waals surface area contributed by atoms with Crippen LogP contribution in [0.1, 0.15) is 18.2 Å². The van der Waals surface area contributed by atoms with Gasteiger partial charge in [0, 0.05) is 12.7 Å². The van der Waals surface area contributed by atoms with E-state index >= 15 is 0 Å². The molecule has 2 heterocycles. The summed E-state index contributed by atoms with van der Waals surface area (Å²) in [6, 6.07) is 6.69. The fourth-order valence-corrected chi connectivity index (χ4v) is 1.46. The minimum absolute atomic E-state index is 0.580. The van der Waals surface area contributed by atoms with Crippen LogP contribution in [0.2, 0.25) is 0 Å². The van der Waals surface area contributed by atoms with E-state index in [1.807, 2.05) is 12.3 Å². The van der Waals surface area contributed by atoms with Gasteiger partial charge in [-0.25, -0.2) is 0 Å². The maximum Gasteiger partial charge on any atom is 0.0575 e. The van der Waals surface area contributed by atoms with Crippen LogP contribution in [0.4, 0.5) is 0 Å². The van der Waals surface area contributed by atoms with Gasteiger partial charge in [0.1, 0.15) is 0 Å². The molecule has 1 unspecified atom stereocenters. The van der Waals surface area contributed by atoms with Crippen LogP contribution < -0.4 is 0 Å². The van der Waals surface area contributed by atoms with E-state index in [4.69, 9.17) is 0 Å². The lowest BCUT2D eigenvalue weighted by molar-refractivity contribution is 0.124. The first kappa shape index (κ1) is 6.80. The van der Waals surface area contributed by atoms with E-state index in [9.17, 15) is 0 Å². The highest BCUT2D eigenvalue weighted by atomic mass is 15.2. The number of hydrogen-bond acceptors (Lipinski definition) is 2. The number of pyridine rings is 1. The normalized spacial score (nSPS) is 24.6. The highest BCUT2D eigenvalue weighted by molar-refractivity contribution is 5.11. The quantitative estimate of drug-likeness (QED) is 0.599. The van der Waals surface area contributed by atoms with Gasteiger partial charge in [0.25, 0.3) is 0 Å². The Kier molecular flexibility index (Phi) is 1.62. The fourth-order valence-electron chi connectivity index (χ4n) is 1.46. The summed E-state index contributed by atoms with van der Waals surface area (Å²) in [4.78, 5) is 6.63. The van der Waals surface area contributed by atoms with Gasteiger partial charge in [0.05, 0.1) is 11.7 Å². The van der Waals surface area contributed by atoms with Crippen LogP contribution in [0.5, 0.6) is 0 Å². The molecule has 1 fully saturated rings. The SMILES string of the molecule is CN1CCC1c1ccccn1. The van der Waals surface area contributed by atoms with Crippen LogP contribution in [0, 0.1) is 0 Å². The molecule has 58 valence electrons. The van der Waals surface area contributed by atoms with E-state index in [1.54, 1.807) is 0 Å². The van der Waals surface area contributed by atoms with Gasteiger partial charge in [0.15, 0.2) is 0 Å². The molecule has 1 atom stereocenters. The molecule has 1 aromatic rings. The zero-order valence-electron chi connectivity index (χ0n) is 6.70. The smallest absolute Gasteiger partial charge is 0.0575 e. The van der Waals surface area contributed by atoms with Gasteiger partial charge in [-0.1, -0.05) is 6.07 Å². The van der Waals surface area contributed by atoms with Gasteiger partial charge in [0.2, 0.25) is 0 Å². The minimum Gasteiger partial charge on any atom is -0.298 e. The van der Waals surface area contributed by atoms with Crippen molar-refractivity contribution in [2.45, 2.75) is 12.5 Å². The van der Waals surface area contributed by atoms with Crippen molar-refractivity contribution in [3.05, 3.63) is 30.1 Å². The summed E-state index contributed by atoms with van der Waals surface area (Å²) in [6.45, 7) is 1.21. The third kappa shape index (κ3) is 1.14. The molecular formula is C9H12N2. The van der Waals surface area contributed by atoms with Gasteiger partial charge in [-0.3, -0.25) is 9.88 Å². The highest BCUT2D eigenvalue weighted by Gasteiger charge is 2.26. The predicted molar refractivity (Wildman–Crippen MR) is 44.2 cm³/mol. The molecule has 11 heavy (non-hydrogen) atoms. The van der Waals surface area contributed by atoms with Crippen molar-refractivity contribution < 1.29 is 0 Å². The second-order valence-electron chi connectivity index (χ2n) is 3.04. The van der Waals surface area contributed by atoms with Crippen molar-refractivity contribution in [1.29, 1.82) is 0 Å². The Bertz CT molecular complexity index is 233. The van der Waals surface area contributed by atoms with Gasteiger partial charge < -0.3 is 0 Å². The maximum atomic E-state index is 4.31. The number of aromatic nitrogens is 1. The fraction of sp³-hybridized carbons (Fsp3) is 0.444. The second kappa shape index (κ2) is 2.62. The van der Waals surface area contributed by atoms with E-state index in [-0.39, 0.29) is 0 Å². The monoisotopic (exact) mass is 148 g/mol. The molecule has 0 aliphatic carbocycles. The van der Waals surface area contributed by atoms with E-state index in [1.165, 1.54) is 18.7 Å². The van der Waals surface area contributed by atoms with Crippen molar-refractivity contribution in [3.8, 4) is 0 Å². The summed E-state index contributed by atoms with van der Waals surface area (Å²) in [5, 5.41) is 0. The van der Waals surface area contributed by atoms with Crippen molar-refractivity contribution in [2.24, 2.45) is 0 Å². The summed E-state index contributed by atoms with van der Waals surface area (Å²) in [5.41, 5.74) is 1.21. The van der Waals surface area contributed by atoms with Crippen LogP contribution in [0.15, 0.2) is 24.4 Å². The summed E-state index contributed by atoms with van der Waals surface area (Å²) in [5.74, 6) is 0. The lowest BCUT2D eigenvalue weighted by Gasteiger charge is -2.37. The van der Waals surface area contributed by atoms with Gasteiger partial charge >= 0.3 is 0 Å². The number of nitrogens with zero attached hydrogens (tertiary/aromatic N) is 2. The Morgan fingerprint density at radius 3 is 2.91 bits per heavy atom. The third-order valence-corrected chi connectivity index (χ3v) is 2.32. The first-order chi connectivity index (χ1) is 5.38. The summed E-state index contributed by atoms with van der Waals surface area (Å²) in [6.07, 6.45) is 3.12. The van der Waals surface area contributed by atoms with Gasteiger partial charge in [-0.2, -0.15) is 0 Å². The minimum atomic E-state index is 0.580. The molecule has 0 spiro atoms. The Hall–Kier alpha value is -0.890. The molecule has 2 heteroatoms. The standard InChI is InChI=1S/C9H12N2/c1-11-7-5-9(11)8-4-2-3-6-10-8/h2-4,6,9H,5,7H2,1H3. The molecule has 0 saturated carbocycles. The summed E-state index contributed by atoms with van der Waals surface area (Å²) in [7, 11) is 2.14. The molecule has 1 aromatic heterocycles. The van der Waals surface area contributed by atoms with Crippen molar-refractivity contribution in [2.75, 3.05) is 13.6 Å². The van der Waals surface area contributed by atoms with E-state index in [0.717, 1.165) is 0 Å². The highest BCUT2D eigenvalue weighted by Crippen LogP contribution is 2.29. The topological polar surface area (TPSA) is 16.1 Å². The van der Waals surface area contributed by atoms with Crippen molar-refractivity contribution in [1.82, 2.24) is 9.88 Å². The molecule has 0 aromatic carbocycles. The zero-order chi connectivity index (χ0) is 7.68. The molecule has 2 rings (SSSR count). The Morgan fingerprint density at radius 2 is 2.45 bits per heavy atom. The average Bonchev–Trinajstić information content (AvgIpc) is 2.04. The molecule has 1 aliphatic heterocycles. The van der Waals surface area contributed by atoms with Crippen LogP contribution >= 0.6 is 0 Å². The maximum absolute atomic E-state index is 4.31. The Balaban J connectivity index is 2.17. The average molecular weight is 148 g/mol. The summed E-state index contributed by atoms with van der Waals surface area (Å²) < 4.78 is 0. The number of hydrogen-bond donors (Lipinski definition) is 0. The Morgan fingerprint density at radius 1 is 1.55 bits per heavy atom. The largest absolute Gasteiger partial charge is 0.298 e. The van der Waals surface area contributed by atoms with Crippen LogP contribution in [-0.2, 0) is 0 Å². The van der Waals surface area contributed by atoms with E-state index < -0.39 is 0 Å². The Labute approximate surface area is 66.9 Å².